The highest BCUT2D eigenvalue weighted by molar-refractivity contribution is 8.14. The fourth-order valence-corrected chi connectivity index (χ4v) is 2.85. The maximum atomic E-state index is 4.58. The molecule has 1 aliphatic heterocycles. The first kappa shape index (κ1) is 13.9. The fourth-order valence-electron chi connectivity index (χ4n) is 1.60. The van der Waals surface area contributed by atoms with Crippen LogP contribution in [0.5, 0.6) is 0 Å². The summed E-state index contributed by atoms with van der Waals surface area (Å²) >= 11 is 1.93. The van der Waals surface area contributed by atoms with E-state index in [0.717, 1.165) is 24.2 Å². The van der Waals surface area contributed by atoms with Crippen LogP contribution in [0.4, 0.5) is 0 Å². The molecule has 3 heteroatoms. The molecule has 0 bridgehead atoms. The Labute approximate surface area is 105 Å². The number of nitrogens with zero attached hydrogens (tertiary/aromatic N) is 1. The number of thioether (sulfide) groups is 1. The van der Waals surface area contributed by atoms with Gasteiger partial charge in [-0.3, -0.25) is 4.99 Å². The van der Waals surface area contributed by atoms with Crippen molar-refractivity contribution >= 4 is 16.9 Å². The van der Waals surface area contributed by atoms with Crippen LogP contribution < -0.4 is 5.32 Å². The zero-order chi connectivity index (χ0) is 12.2. The first-order valence-electron chi connectivity index (χ1n) is 6.38. The van der Waals surface area contributed by atoms with Gasteiger partial charge in [-0.05, 0) is 24.2 Å². The van der Waals surface area contributed by atoms with Gasteiger partial charge in [0.25, 0.3) is 0 Å². The van der Waals surface area contributed by atoms with E-state index in [-0.39, 0.29) is 0 Å². The molecule has 1 atom stereocenters. The predicted octanol–water partition coefficient (Wildman–Crippen LogP) is 3.53. The van der Waals surface area contributed by atoms with Crippen molar-refractivity contribution in [2.45, 2.75) is 52.7 Å². The van der Waals surface area contributed by atoms with Crippen molar-refractivity contribution in [2.75, 3.05) is 13.1 Å². The van der Waals surface area contributed by atoms with E-state index in [4.69, 9.17) is 0 Å². The van der Waals surface area contributed by atoms with Gasteiger partial charge >= 0.3 is 0 Å². The molecule has 1 N–H and O–H groups in total. The Bertz CT molecular complexity index is 246. The Morgan fingerprint density at radius 2 is 2.19 bits per heavy atom. The maximum absolute atomic E-state index is 4.58. The summed E-state index contributed by atoms with van der Waals surface area (Å²) in [6.45, 7) is 13.4. The molecule has 0 aromatic rings. The minimum Gasteiger partial charge on any atom is -0.364 e. The lowest BCUT2D eigenvalue weighted by Crippen LogP contribution is -2.31. The summed E-state index contributed by atoms with van der Waals surface area (Å²) in [5, 5.41) is 5.35. The van der Waals surface area contributed by atoms with E-state index in [9.17, 15) is 0 Å². The molecule has 0 radical (unpaired) electrons. The van der Waals surface area contributed by atoms with Crippen LogP contribution in [0.1, 0.15) is 47.5 Å². The van der Waals surface area contributed by atoms with Gasteiger partial charge in [-0.2, -0.15) is 0 Å². The second-order valence-corrected chi connectivity index (χ2v) is 7.18. The minimum absolute atomic E-state index is 0.374. The van der Waals surface area contributed by atoms with Crippen molar-refractivity contribution in [3.05, 3.63) is 0 Å². The zero-order valence-electron chi connectivity index (χ0n) is 11.3. The van der Waals surface area contributed by atoms with E-state index in [2.05, 4.69) is 44.9 Å². The van der Waals surface area contributed by atoms with E-state index in [0.29, 0.717) is 10.7 Å². The average Bonchev–Trinajstić information content (AvgIpc) is 2.62. The number of hydrogen-bond acceptors (Lipinski definition) is 3. The third-order valence-electron chi connectivity index (χ3n) is 3.13. The van der Waals surface area contributed by atoms with Crippen LogP contribution in [0.25, 0.3) is 0 Å². The molecular formula is C13H26N2S. The first-order valence-corrected chi connectivity index (χ1v) is 7.26. The molecule has 1 rings (SSSR count). The topological polar surface area (TPSA) is 24.4 Å². The van der Waals surface area contributed by atoms with Crippen molar-refractivity contribution in [2.24, 2.45) is 16.3 Å². The number of aliphatic imine (C=N–C) groups is 1. The van der Waals surface area contributed by atoms with Crippen LogP contribution in [0.2, 0.25) is 0 Å². The summed E-state index contributed by atoms with van der Waals surface area (Å²) in [5.41, 5.74) is 0.374. The molecule has 0 saturated heterocycles. The van der Waals surface area contributed by atoms with Crippen LogP contribution in [0, 0.1) is 11.3 Å². The Balaban J connectivity index is 2.26. The molecule has 1 unspecified atom stereocenters. The summed E-state index contributed by atoms with van der Waals surface area (Å²) in [7, 11) is 0. The van der Waals surface area contributed by atoms with Crippen molar-refractivity contribution in [3.8, 4) is 0 Å². The molecule has 0 saturated carbocycles. The number of amidine groups is 1. The molecule has 0 aromatic carbocycles. The summed E-state index contributed by atoms with van der Waals surface area (Å²) in [4.78, 5) is 4.58. The lowest BCUT2D eigenvalue weighted by molar-refractivity contribution is 0.350. The van der Waals surface area contributed by atoms with Crippen molar-refractivity contribution < 1.29 is 0 Å². The van der Waals surface area contributed by atoms with E-state index < -0.39 is 0 Å². The lowest BCUT2D eigenvalue weighted by atomic mass is 9.90. The summed E-state index contributed by atoms with van der Waals surface area (Å²) in [5.74, 6) is 0.777. The van der Waals surface area contributed by atoms with Crippen molar-refractivity contribution in [1.82, 2.24) is 5.32 Å². The highest BCUT2D eigenvalue weighted by Gasteiger charge is 2.22. The predicted molar refractivity (Wildman–Crippen MR) is 75.2 cm³/mol. The number of nitrogens with one attached hydrogen (secondary N) is 1. The Hall–Kier alpha value is -0.180. The summed E-state index contributed by atoms with van der Waals surface area (Å²) in [6, 6.07) is 0. The van der Waals surface area contributed by atoms with Crippen LogP contribution in [0.3, 0.4) is 0 Å². The van der Waals surface area contributed by atoms with Crippen molar-refractivity contribution in [1.29, 1.82) is 0 Å². The van der Waals surface area contributed by atoms with Gasteiger partial charge < -0.3 is 5.32 Å². The molecule has 1 heterocycles. The Morgan fingerprint density at radius 3 is 2.75 bits per heavy atom. The normalized spacial score (nSPS) is 21.4. The second kappa shape index (κ2) is 5.95. The van der Waals surface area contributed by atoms with Crippen LogP contribution in [-0.2, 0) is 0 Å². The molecular weight excluding hydrogens is 216 g/mol. The van der Waals surface area contributed by atoms with E-state index in [1.165, 1.54) is 12.8 Å². The minimum atomic E-state index is 0.374. The monoisotopic (exact) mass is 242 g/mol. The average molecular weight is 242 g/mol. The molecule has 16 heavy (non-hydrogen) atoms. The molecule has 0 fully saturated rings. The van der Waals surface area contributed by atoms with Crippen LogP contribution in [0.15, 0.2) is 4.99 Å². The molecule has 94 valence electrons. The van der Waals surface area contributed by atoms with Crippen molar-refractivity contribution in [3.63, 3.8) is 0 Å². The SMILES string of the molecule is CCC(C)(C)CNC1=NCC(CC(C)C)S1. The molecule has 0 aromatic heterocycles. The fraction of sp³-hybridized carbons (Fsp3) is 0.923. The van der Waals surface area contributed by atoms with E-state index in [1.54, 1.807) is 0 Å². The number of hydrogen-bond donors (Lipinski definition) is 1. The van der Waals surface area contributed by atoms with Gasteiger partial charge in [-0.25, -0.2) is 0 Å². The van der Waals surface area contributed by atoms with Crippen LogP contribution >= 0.6 is 11.8 Å². The maximum Gasteiger partial charge on any atom is 0.156 e. The number of rotatable bonds is 5. The summed E-state index contributed by atoms with van der Waals surface area (Å²) in [6.07, 6.45) is 2.48. The van der Waals surface area contributed by atoms with E-state index in [1.807, 2.05) is 11.8 Å². The van der Waals surface area contributed by atoms with E-state index >= 15 is 0 Å². The highest BCUT2D eigenvalue weighted by Crippen LogP contribution is 2.26. The standard InChI is InChI=1S/C13H26N2S/c1-6-13(4,5)9-15-12-14-8-11(16-12)7-10(2)3/h10-11H,6-9H2,1-5H3,(H,14,15). The van der Waals surface area contributed by atoms with Gasteiger partial charge in [0.2, 0.25) is 0 Å². The Kier molecular flexibility index (Phi) is 5.16. The van der Waals surface area contributed by atoms with Gasteiger partial charge in [0, 0.05) is 11.8 Å². The zero-order valence-corrected chi connectivity index (χ0v) is 12.2. The van der Waals surface area contributed by atoms with Crippen LogP contribution in [-0.4, -0.2) is 23.5 Å². The molecule has 0 spiro atoms. The van der Waals surface area contributed by atoms with Gasteiger partial charge in [-0.1, -0.05) is 46.4 Å². The quantitative estimate of drug-likeness (QED) is 0.797. The smallest absolute Gasteiger partial charge is 0.156 e. The third-order valence-corrected chi connectivity index (χ3v) is 4.30. The van der Waals surface area contributed by atoms with Gasteiger partial charge in [0.15, 0.2) is 5.17 Å². The highest BCUT2D eigenvalue weighted by atomic mass is 32.2. The molecule has 2 nitrogen and oxygen atoms in total. The van der Waals surface area contributed by atoms with Gasteiger partial charge in [0.05, 0.1) is 6.54 Å². The molecule has 1 aliphatic rings. The lowest BCUT2D eigenvalue weighted by Gasteiger charge is -2.23. The Morgan fingerprint density at radius 1 is 1.50 bits per heavy atom. The summed E-state index contributed by atoms with van der Waals surface area (Å²) < 4.78 is 0. The van der Waals surface area contributed by atoms with Gasteiger partial charge in [-0.15, -0.1) is 0 Å². The first-order chi connectivity index (χ1) is 7.43. The molecule has 0 amide bonds. The van der Waals surface area contributed by atoms with Gasteiger partial charge in [0.1, 0.15) is 0 Å². The third kappa shape index (κ3) is 4.77. The largest absolute Gasteiger partial charge is 0.364 e. The molecule has 0 aliphatic carbocycles. The second-order valence-electron chi connectivity index (χ2n) is 5.89.